The number of piperidine rings is 1. The minimum Gasteiger partial charge on any atom is -0.341 e. The fraction of sp³-hybridized carbons (Fsp3) is 0.562. The van der Waals surface area contributed by atoms with E-state index in [0.717, 1.165) is 28.9 Å². The van der Waals surface area contributed by atoms with Crippen molar-refractivity contribution in [2.75, 3.05) is 13.1 Å². The smallest absolute Gasteiger partial charge is 0.235 e. The first-order valence-corrected chi connectivity index (χ1v) is 8.93. The molecule has 2 atom stereocenters. The number of rotatable bonds is 3. The minimum absolute atomic E-state index is 0. The summed E-state index contributed by atoms with van der Waals surface area (Å²) in [5, 5.41) is -0.0729. The first kappa shape index (κ1) is 19.8. The van der Waals surface area contributed by atoms with E-state index in [1.54, 1.807) is 11.8 Å². The lowest BCUT2D eigenvalue weighted by Gasteiger charge is -2.43. The van der Waals surface area contributed by atoms with Crippen LogP contribution in [-0.2, 0) is 4.79 Å². The number of nitrogens with two attached hydrogens (primary N) is 1. The number of thioether (sulfide) groups is 1. The number of amides is 1. The summed E-state index contributed by atoms with van der Waals surface area (Å²) in [4.78, 5) is 15.7. The van der Waals surface area contributed by atoms with Crippen LogP contribution in [0.15, 0.2) is 33.6 Å². The van der Waals surface area contributed by atoms with Crippen LogP contribution in [-0.4, -0.2) is 35.2 Å². The van der Waals surface area contributed by atoms with Crippen molar-refractivity contribution in [1.29, 1.82) is 0 Å². The van der Waals surface area contributed by atoms with E-state index in [1.807, 2.05) is 36.1 Å². The predicted octanol–water partition coefficient (Wildman–Crippen LogP) is 3.94. The molecule has 1 amide bonds. The number of nitrogens with zero attached hydrogens (tertiary/aromatic N) is 1. The van der Waals surface area contributed by atoms with E-state index in [0.29, 0.717) is 0 Å². The number of likely N-dealkylation sites (tertiary alicyclic amines) is 1. The van der Waals surface area contributed by atoms with E-state index in [1.165, 1.54) is 0 Å². The highest BCUT2D eigenvalue weighted by Crippen LogP contribution is 2.31. The minimum atomic E-state index is -0.0729. The van der Waals surface area contributed by atoms with Crippen molar-refractivity contribution in [3.8, 4) is 0 Å². The largest absolute Gasteiger partial charge is 0.341 e. The van der Waals surface area contributed by atoms with Gasteiger partial charge in [-0.05, 0) is 43.0 Å². The molecule has 1 saturated heterocycles. The monoisotopic (exact) mass is 406 g/mol. The second-order valence-electron chi connectivity index (χ2n) is 6.36. The zero-order valence-electron chi connectivity index (χ0n) is 13.2. The number of benzene rings is 1. The van der Waals surface area contributed by atoms with Crippen molar-refractivity contribution in [2.24, 2.45) is 11.1 Å². The highest BCUT2D eigenvalue weighted by Gasteiger charge is 2.36. The highest BCUT2D eigenvalue weighted by atomic mass is 79.9. The van der Waals surface area contributed by atoms with Crippen LogP contribution in [0.25, 0.3) is 0 Å². The number of halogens is 2. The van der Waals surface area contributed by atoms with E-state index in [2.05, 4.69) is 29.8 Å². The zero-order chi connectivity index (χ0) is 15.6. The second-order valence-corrected chi connectivity index (χ2v) is 8.69. The summed E-state index contributed by atoms with van der Waals surface area (Å²) in [5.41, 5.74) is 6.14. The van der Waals surface area contributed by atoms with Gasteiger partial charge >= 0.3 is 0 Å². The molecule has 1 aromatic rings. The Balaban J connectivity index is 0.00000242. The Bertz CT molecular complexity index is 509. The van der Waals surface area contributed by atoms with Gasteiger partial charge in [-0.15, -0.1) is 24.2 Å². The molecule has 0 saturated carbocycles. The van der Waals surface area contributed by atoms with Crippen molar-refractivity contribution in [2.45, 2.75) is 43.4 Å². The van der Waals surface area contributed by atoms with Gasteiger partial charge in [0.15, 0.2) is 0 Å². The molecule has 2 rings (SSSR count). The van der Waals surface area contributed by atoms with Crippen molar-refractivity contribution < 1.29 is 4.79 Å². The maximum atomic E-state index is 12.6. The van der Waals surface area contributed by atoms with Gasteiger partial charge in [-0.3, -0.25) is 4.79 Å². The number of hydrogen-bond donors (Lipinski definition) is 1. The van der Waals surface area contributed by atoms with E-state index in [4.69, 9.17) is 5.73 Å². The van der Waals surface area contributed by atoms with Crippen LogP contribution >= 0.6 is 40.1 Å². The first-order chi connectivity index (χ1) is 9.79. The van der Waals surface area contributed by atoms with Gasteiger partial charge in [-0.1, -0.05) is 29.8 Å². The lowest BCUT2D eigenvalue weighted by atomic mass is 9.79. The normalized spacial score (nSPS) is 21.9. The summed E-state index contributed by atoms with van der Waals surface area (Å²) in [6.07, 6.45) is 0.883. The summed E-state index contributed by atoms with van der Waals surface area (Å²) in [6.45, 7) is 7.79. The molecule has 1 heterocycles. The van der Waals surface area contributed by atoms with E-state index < -0.39 is 0 Å². The number of hydrogen-bond acceptors (Lipinski definition) is 3. The van der Waals surface area contributed by atoms with Crippen molar-refractivity contribution in [3.05, 3.63) is 28.7 Å². The van der Waals surface area contributed by atoms with Gasteiger partial charge in [-0.2, -0.15) is 0 Å². The Labute approximate surface area is 151 Å². The Morgan fingerprint density at radius 3 is 2.55 bits per heavy atom. The summed E-state index contributed by atoms with van der Waals surface area (Å²) in [5.74, 6) is 0.211. The molecular weight excluding hydrogens is 384 g/mol. The molecule has 2 N–H and O–H groups in total. The third kappa shape index (κ3) is 4.88. The molecule has 0 aliphatic carbocycles. The van der Waals surface area contributed by atoms with Gasteiger partial charge in [0.1, 0.15) is 0 Å². The predicted molar refractivity (Wildman–Crippen MR) is 99.7 cm³/mol. The maximum absolute atomic E-state index is 12.6. The van der Waals surface area contributed by atoms with Crippen LogP contribution in [0, 0.1) is 5.41 Å². The molecule has 6 heteroatoms. The van der Waals surface area contributed by atoms with Crippen molar-refractivity contribution in [3.63, 3.8) is 0 Å². The molecule has 124 valence electrons. The van der Waals surface area contributed by atoms with Gasteiger partial charge in [0, 0.05) is 28.5 Å². The Kier molecular flexibility index (Phi) is 7.24. The van der Waals surface area contributed by atoms with Crippen LogP contribution in [0.1, 0.15) is 27.2 Å². The summed E-state index contributed by atoms with van der Waals surface area (Å²) in [6, 6.07) is 8.25. The molecule has 0 radical (unpaired) electrons. The van der Waals surface area contributed by atoms with Crippen molar-refractivity contribution in [1.82, 2.24) is 4.90 Å². The third-order valence-corrected chi connectivity index (χ3v) is 5.73. The summed E-state index contributed by atoms with van der Waals surface area (Å²) >= 11 is 5.04. The van der Waals surface area contributed by atoms with Crippen LogP contribution < -0.4 is 5.73 Å². The third-order valence-electron chi connectivity index (χ3n) is 4.10. The van der Waals surface area contributed by atoms with E-state index in [-0.39, 0.29) is 35.0 Å². The van der Waals surface area contributed by atoms with Gasteiger partial charge in [0.05, 0.1) is 5.25 Å². The highest BCUT2D eigenvalue weighted by molar-refractivity contribution is 9.10. The Morgan fingerprint density at radius 2 is 2.00 bits per heavy atom. The quantitative estimate of drug-likeness (QED) is 0.772. The SMILES string of the molecule is CC(Sc1ccc(Br)cc1)C(=O)N1CCC(N)C(C)(C)C1.Cl. The average molecular weight is 408 g/mol. The van der Waals surface area contributed by atoms with Gasteiger partial charge in [-0.25, -0.2) is 0 Å². The van der Waals surface area contributed by atoms with Crippen LogP contribution in [0.4, 0.5) is 0 Å². The van der Waals surface area contributed by atoms with E-state index in [9.17, 15) is 4.79 Å². The van der Waals surface area contributed by atoms with Gasteiger partial charge in [0.2, 0.25) is 5.91 Å². The summed E-state index contributed by atoms with van der Waals surface area (Å²) < 4.78 is 1.05. The second kappa shape index (κ2) is 8.04. The molecular formula is C16H24BrClN2OS. The van der Waals surface area contributed by atoms with Crippen LogP contribution in [0.2, 0.25) is 0 Å². The fourth-order valence-corrected chi connectivity index (χ4v) is 3.80. The molecule has 0 aromatic heterocycles. The number of carbonyl (C=O) groups excluding carboxylic acids is 1. The van der Waals surface area contributed by atoms with Crippen LogP contribution in [0.3, 0.4) is 0 Å². The zero-order valence-corrected chi connectivity index (χ0v) is 16.4. The van der Waals surface area contributed by atoms with Crippen LogP contribution in [0.5, 0.6) is 0 Å². The van der Waals surface area contributed by atoms with Crippen molar-refractivity contribution >= 4 is 46.0 Å². The molecule has 1 aliphatic heterocycles. The summed E-state index contributed by atoms with van der Waals surface area (Å²) in [7, 11) is 0. The van der Waals surface area contributed by atoms with E-state index >= 15 is 0 Å². The average Bonchev–Trinajstić information content (AvgIpc) is 2.43. The maximum Gasteiger partial charge on any atom is 0.235 e. The number of carbonyl (C=O) groups is 1. The molecule has 22 heavy (non-hydrogen) atoms. The fourth-order valence-electron chi connectivity index (χ4n) is 2.59. The standard InChI is InChI=1S/C16H23BrN2OS.ClH/c1-11(21-13-6-4-12(17)5-7-13)15(20)19-9-8-14(18)16(2,3)10-19;/h4-7,11,14H,8-10,18H2,1-3H3;1H. The van der Waals surface area contributed by atoms with Gasteiger partial charge < -0.3 is 10.6 Å². The lowest BCUT2D eigenvalue weighted by Crippen LogP contribution is -2.55. The topological polar surface area (TPSA) is 46.3 Å². The molecule has 1 aliphatic rings. The Hall–Kier alpha value is -0.230. The first-order valence-electron chi connectivity index (χ1n) is 7.26. The Morgan fingerprint density at radius 1 is 1.41 bits per heavy atom. The van der Waals surface area contributed by atoms with Gasteiger partial charge in [0.25, 0.3) is 0 Å². The lowest BCUT2D eigenvalue weighted by molar-refractivity contribution is -0.133. The molecule has 3 nitrogen and oxygen atoms in total. The molecule has 2 unspecified atom stereocenters. The molecule has 0 bridgehead atoms. The molecule has 0 spiro atoms. The molecule has 1 aromatic carbocycles. The molecule has 1 fully saturated rings.